The molecular weight excluding hydrogens is 238 g/mol. The Labute approximate surface area is 99.9 Å². The van der Waals surface area contributed by atoms with Crippen LogP contribution in [-0.2, 0) is 12.6 Å². The first-order chi connectivity index (χ1) is 6.02. The zero-order chi connectivity index (χ0) is 10.3. The molecule has 0 aromatic rings. The summed E-state index contributed by atoms with van der Waals surface area (Å²) in [5.41, 5.74) is 6.84. The number of carbonyl (C=O) groups excluding carboxylic acids is 1. The lowest BCUT2D eigenvalue weighted by molar-refractivity contribution is -0.245. The van der Waals surface area contributed by atoms with E-state index in [-0.39, 0.29) is 12.3 Å². The van der Waals surface area contributed by atoms with Gasteiger partial charge in [-0.3, -0.25) is 0 Å². The third-order valence-corrected chi connectivity index (χ3v) is 1.54. The van der Waals surface area contributed by atoms with E-state index in [2.05, 4.69) is 16.2 Å². The minimum atomic E-state index is -1.58. The lowest BCUT2D eigenvalue weighted by Crippen LogP contribution is -2.37. The fourth-order valence-corrected chi connectivity index (χ4v) is 1.22. The van der Waals surface area contributed by atoms with Gasteiger partial charge in [0, 0.05) is 13.1 Å². The Morgan fingerprint density at radius 3 is 2.00 bits per heavy atom. The number of carboxylic acid groups (broad SMARTS) is 1. The third-order valence-electron chi connectivity index (χ3n) is 1.36. The van der Waals surface area contributed by atoms with Gasteiger partial charge in [-0.05, 0) is 17.2 Å². The number of thiocarbonyl (C=S) groups is 1. The van der Waals surface area contributed by atoms with Crippen molar-refractivity contribution in [3.63, 3.8) is 0 Å². The topological polar surface area (TPSA) is 154 Å². The molecule has 0 atom stereocenters. The van der Waals surface area contributed by atoms with E-state index in [0.717, 1.165) is 13.1 Å². The molecule has 7 nitrogen and oxygen atoms in total. The summed E-state index contributed by atoms with van der Waals surface area (Å²) in [5, 5.41) is 10.7. The van der Waals surface area contributed by atoms with Gasteiger partial charge in [0.2, 0.25) is 0 Å². The predicted octanol–water partition coefficient (Wildman–Crippen LogP) is -0.541. The Bertz CT molecular complexity index is 182. The van der Waals surface area contributed by atoms with Gasteiger partial charge < -0.3 is 58.2 Å². The summed E-state index contributed by atoms with van der Waals surface area (Å²) in [6, 6.07) is 0. The Morgan fingerprint density at radius 2 is 1.73 bits per heavy atom. The van der Waals surface area contributed by atoms with Crippen LogP contribution in [0.3, 0.4) is 0 Å². The molecule has 1 aliphatic heterocycles. The van der Waals surface area contributed by atoms with Gasteiger partial charge in [0.05, 0.1) is 0 Å². The lowest BCUT2D eigenvalue weighted by Gasteiger charge is -2.19. The number of carbonyl (C=O) groups is 1. The molecule has 0 spiro atoms. The van der Waals surface area contributed by atoms with E-state index in [4.69, 9.17) is 34.7 Å². The summed E-state index contributed by atoms with van der Waals surface area (Å²) >= 11 is 9.39. The number of primary amides is 1. The molecule has 1 saturated heterocycles. The summed E-state index contributed by atoms with van der Waals surface area (Å²) in [6.45, 7) is 2.16. The molecule has 1 fully saturated rings. The van der Waals surface area contributed by atoms with E-state index in [0.29, 0.717) is 4.32 Å². The number of quaternary nitrogens is 2. The number of hydrogen-bond donors (Lipinski definition) is 4. The van der Waals surface area contributed by atoms with E-state index in [1.54, 1.807) is 0 Å². The molecule has 1 heterocycles. The van der Waals surface area contributed by atoms with Crippen molar-refractivity contribution in [3.05, 3.63) is 0 Å². The largest absolute Gasteiger partial charge is 0.530 e. The fourth-order valence-electron chi connectivity index (χ4n) is 0.958. The van der Waals surface area contributed by atoms with Crippen LogP contribution in [0.15, 0.2) is 0 Å². The van der Waals surface area contributed by atoms with Crippen LogP contribution in [-0.4, -0.2) is 28.5 Å². The van der Waals surface area contributed by atoms with Crippen LogP contribution in [0, 0.1) is 0 Å². The van der Waals surface area contributed by atoms with Crippen molar-refractivity contribution in [2.75, 3.05) is 13.1 Å². The number of nitrogens with two attached hydrogens (primary N) is 1. The highest BCUT2D eigenvalue weighted by molar-refractivity contribution is 8.00. The van der Waals surface area contributed by atoms with Gasteiger partial charge in [0.15, 0.2) is 0 Å². The summed E-state index contributed by atoms with van der Waals surface area (Å²) < 4.78 is 0.455. The second kappa shape index (κ2) is 11.3. The summed E-state index contributed by atoms with van der Waals surface area (Å²) in [5.74, 6) is 0. The van der Waals surface area contributed by atoms with Gasteiger partial charge >= 0.3 is 0 Å². The molecule has 1 amide bonds. The Kier molecular flexibility index (Phi) is 14.9. The maximum absolute atomic E-state index is 8.67. The molecule has 9 heteroatoms. The van der Waals surface area contributed by atoms with Gasteiger partial charge in [-0.1, -0.05) is 0 Å². The van der Waals surface area contributed by atoms with Gasteiger partial charge in [0.25, 0.3) is 0 Å². The number of nitrogens with one attached hydrogen (secondary N) is 1. The van der Waals surface area contributed by atoms with Crippen LogP contribution in [0.25, 0.3) is 0 Å². The molecule has 0 aliphatic carbocycles. The van der Waals surface area contributed by atoms with E-state index in [9.17, 15) is 0 Å². The van der Waals surface area contributed by atoms with Crippen LogP contribution in [0.2, 0.25) is 0 Å². The van der Waals surface area contributed by atoms with Crippen molar-refractivity contribution in [2.45, 2.75) is 12.8 Å². The first-order valence-electron chi connectivity index (χ1n) is 3.71. The molecule has 0 bridgehead atoms. The van der Waals surface area contributed by atoms with Crippen LogP contribution < -0.4 is 28.6 Å². The summed E-state index contributed by atoms with van der Waals surface area (Å²) in [4.78, 5) is 8.67. The van der Waals surface area contributed by atoms with Gasteiger partial charge in [-0.25, -0.2) is 5.01 Å². The number of hydrazine groups is 1. The Morgan fingerprint density at radius 1 is 1.40 bits per heavy atom. The highest BCUT2D eigenvalue weighted by Gasteiger charge is 2.08. The lowest BCUT2D eigenvalue weighted by atomic mass is 10.4. The number of hydrogen-bond acceptors (Lipinski definition) is 5. The zero-order valence-corrected chi connectivity index (χ0v) is 10.6. The van der Waals surface area contributed by atoms with E-state index >= 15 is 0 Å². The molecule has 0 aromatic carbocycles. The maximum Gasteiger partial charge on any atom is 0.131 e. The highest BCUT2D eigenvalue weighted by Crippen LogP contribution is 2.02. The Balaban J connectivity index is -0.000000213. The van der Waals surface area contributed by atoms with Crippen molar-refractivity contribution < 1.29 is 9.90 Å². The van der Waals surface area contributed by atoms with Crippen molar-refractivity contribution in [3.8, 4) is 0 Å². The first-order valence-corrected chi connectivity index (χ1v) is 4.53. The zero-order valence-electron chi connectivity index (χ0n) is 8.99. The second-order valence-electron chi connectivity index (χ2n) is 2.41. The standard InChI is InChI=1S/C5H10N2S2.CH3NO2.2H3N/c8-5(9)6-7-3-1-2-4-7;2-1(3)4;;/h1-4H2,(H2,6,8,9);2H2,(H,3,4);2*1H3. The molecular formula is C6H19N5O2S2. The van der Waals surface area contributed by atoms with Crippen LogP contribution in [0.5, 0.6) is 0 Å². The fraction of sp³-hybridized carbons (Fsp3) is 0.667. The SMILES string of the molecule is NC(=O)[O-].S=C([S-])NN1CCCC1.[NH4+].[NH4+]. The highest BCUT2D eigenvalue weighted by atomic mass is 32.1. The molecule has 1 aliphatic rings. The molecule has 11 N–H and O–H groups in total. The molecule has 0 unspecified atom stereocenters. The van der Waals surface area contributed by atoms with Crippen molar-refractivity contribution in [1.29, 1.82) is 0 Å². The maximum atomic E-state index is 8.67. The van der Waals surface area contributed by atoms with Crippen LogP contribution in [0.4, 0.5) is 4.79 Å². The smallest absolute Gasteiger partial charge is 0.131 e. The quantitative estimate of drug-likeness (QED) is 0.365. The van der Waals surface area contributed by atoms with Gasteiger partial charge in [-0.2, -0.15) is 0 Å². The van der Waals surface area contributed by atoms with Crippen molar-refractivity contribution in [1.82, 2.24) is 22.7 Å². The molecule has 15 heavy (non-hydrogen) atoms. The minimum absolute atomic E-state index is 0. The predicted molar refractivity (Wildman–Crippen MR) is 65.5 cm³/mol. The Hall–Kier alpha value is -0.740. The van der Waals surface area contributed by atoms with Crippen molar-refractivity contribution in [2.24, 2.45) is 5.73 Å². The molecule has 0 saturated carbocycles. The first kappa shape index (κ1) is 19.8. The molecule has 0 radical (unpaired) electrons. The third kappa shape index (κ3) is 16.0. The van der Waals surface area contributed by atoms with Crippen LogP contribution >= 0.6 is 12.2 Å². The normalized spacial score (nSPS) is 13.6. The van der Waals surface area contributed by atoms with E-state index in [1.807, 2.05) is 0 Å². The molecule has 0 aromatic heterocycles. The number of nitrogens with zero attached hydrogens (tertiary/aromatic N) is 1. The second-order valence-corrected chi connectivity index (χ2v) is 3.49. The average molecular weight is 257 g/mol. The number of rotatable bonds is 1. The molecule has 92 valence electrons. The van der Waals surface area contributed by atoms with Crippen molar-refractivity contribution >= 4 is 35.3 Å². The molecule has 1 rings (SSSR count). The van der Waals surface area contributed by atoms with Gasteiger partial charge in [0.1, 0.15) is 6.09 Å². The monoisotopic (exact) mass is 257 g/mol. The van der Waals surface area contributed by atoms with E-state index in [1.165, 1.54) is 12.8 Å². The van der Waals surface area contributed by atoms with Crippen LogP contribution in [0.1, 0.15) is 12.8 Å². The average Bonchev–Trinajstić information content (AvgIpc) is 2.36. The van der Waals surface area contributed by atoms with Gasteiger partial charge in [-0.15, -0.1) is 0 Å². The number of amides is 1. The minimum Gasteiger partial charge on any atom is -0.530 e. The summed E-state index contributed by atoms with van der Waals surface area (Å²) in [6.07, 6.45) is 0.926. The van der Waals surface area contributed by atoms with E-state index < -0.39 is 6.09 Å². The summed E-state index contributed by atoms with van der Waals surface area (Å²) in [7, 11) is 0.